The smallest absolute Gasteiger partial charge is 0.0939 e. The van der Waals surface area contributed by atoms with E-state index in [9.17, 15) is 0 Å². The van der Waals surface area contributed by atoms with Gasteiger partial charge in [-0.25, -0.2) is 0 Å². The lowest BCUT2D eigenvalue weighted by Crippen LogP contribution is -1.99. The third-order valence-corrected chi connectivity index (χ3v) is 1.18. The van der Waals surface area contributed by atoms with Crippen LogP contribution in [0.2, 0.25) is 11.6 Å². The van der Waals surface area contributed by atoms with Crippen molar-refractivity contribution in [2.24, 2.45) is 0 Å². The molecule has 0 amide bonds. The fourth-order valence-electron chi connectivity index (χ4n) is 0.975. The molecule has 0 aliphatic carbocycles. The number of hydrogen-bond donors (Lipinski definition) is 0. The van der Waals surface area contributed by atoms with Gasteiger partial charge in [-0.2, -0.15) is 0 Å². The molecule has 0 aliphatic rings. The van der Waals surface area contributed by atoms with E-state index in [-0.39, 0.29) is 0 Å². The second-order valence-electron chi connectivity index (χ2n) is 2.82. The molecule has 1 unspecified atom stereocenters. The summed E-state index contributed by atoms with van der Waals surface area (Å²) in [7, 11) is 2.33. The molecule has 1 atom stereocenters. The molecule has 51 valence electrons. The van der Waals surface area contributed by atoms with Crippen molar-refractivity contribution in [1.82, 2.24) is 0 Å². The Kier molecular flexibility index (Phi) is 4.56. The maximum Gasteiger partial charge on any atom is 0.121 e. The van der Waals surface area contributed by atoms with Crippen molar-refractivity contribution in [1.29, 1.82) is 0 Å². The van der Waals surface area contributed by atoms with Gasteiger partial charge in [-0.3, -0.25) is 0 Å². The van der Waals surface area contributed by atoms with E-state index in [0.29, 0.717) is 11.6 Å². The fourth-order valence-corrected chi connectivity index (χ4v) is 0.975. The Morgan fingerprint density at radius 2 is 1.78 bits per heavy atom. The molecule has 0 N–H and O–H groups in total. The second kappa shape index (κ2) is 4.66. The third kappa shape index (κ3) is 5.68. The van der Waals surface area contributed by atoms with Gasteiger partial charge >= 0.3 is 0 Å². The Morgan fingerprint density at radius 3 is 2.11 bits per heavy atom. The lowest BCUT2D eigenvalue weighted by molar-refractivity contribution is 1.01. The van der Waals surface area contributed by atoms with E-state index >= 15 is 0 Å². The normalized spacial score (nSPS) is 14.8. The van der Waals surface area contributed by atoms with Crippen LogP contribution in [-0.4, -0.2) is 7.28 Å². The van der Waals surface area contributed by atoms with Crippen molar-refractivity contribution in [3.8, 4) is 0 Å². The Morgan fingerprint density at radius 1 is 1.22 bits per heavy atom. The van der Waals surface area contributed by atoms with Gasteiger partial charge in [-0.1, -0.05) is 44.6 Å². The molecule has 0 rings (SSSR count). The summed E-state index contributed by atoms with van der Waals surface area (Å²) in [5.74, 6) is 1.34. The molecular weight excluding hydrogens is 107 g/mol. The Balaban J connectivity index is 3.38. The Bertz CT molecular complexity index is 84.6. The zero-order valence-corrected chi connectivity index (χ0v) is 6.89. The van der Waals surface area contributed by atoms with E-state index in [1.54, 1.807) is 0 Å². The molecule has 0 saturated heterocycles. The van der Waals surface area contributed by atoms with Gasteiger partial charge in [0.25, 0.3) is 0 Å². The molecule has 0 saturated carbocycles. The zero-order chi connectivity index (χ0) is 7.28. The van der Waals surface area contributed by atoms with Crippen LogP contribution >= 0.6 is 0 Å². The SMILES string of the molecule is CC=CC(C)[B]C(C)C. The van der Waals surface area contributed by atoms with Crippen LogP contribution < -0.4 is 0 Å². The van der Waals surface area contributed by atoms with E-state index in [0.717, 1.165) is 0 Å². The van der Waals surface area contributed by atoms with Gasteiger partial charge in [0.15, 0.2) is 0 Å². The molecule has 9 heavy (non-hydrogen) atoms. The molecular formula is C8H16B. The van der Waals surface area contributed by atoms with E-state index in [2.05, 4.69) is 47.1 Å². The summed E-state index contributed by atoms with van der Waals surface area (Å²) >= 11 is 0. The first-order chi connectivity index (χ1) is 4.16. The van der Waals surface area contributed by atoms with Crippen LogP contribution in [0, 0.1) is 0 Å². The van der Waals surface area contributed by atoms with Gasteiger partial charge in [0.1, 0.15) is 7.28 Å². The highest BCUT2D eigenvalue weighted by atomic mass is 13.8. The van der Waals surface area contributed by atoms with Crippen molar-refractivity contribution >= 4 is 7.28 Å². The predicted octanol–water partition coefficient (Wildman–Crippen LogP) is 2.90. The molecule has 0 aromatic carbocycles. The van der Waals surface area contributed by atoms with Gasteiger partial charge < -0.3 is 0 Å². The van der Waals surface area contributed by atoms with Crippen LogP contribution in [0.15, 0.2) is 12.2 Å². The van der Waals surface area contributed by atoms with Gasteiger partial charge in [0.05, 0.1) is 0 Å². The molecule has 0 aliphatic heterocycles. The van der Waals surface area contributed by atoms with E-state index in [4.69, 9.17) is 0 Å². The molecule has 0 aromatic heterocycles. The van der Waals surface area contributed by atoms with Gasteiger partial charge in [0.2, 0.25) is 0 Å². The summed E-state index contributed by atoms with van der Waals surface area (Å²) in [4.78, 5) is 0. The minimum atomic E-state index is 0.634. The monoisotopic (exact) mass is 123 g/mol. The van der Waals surface area contributed by atoms with Gasteiger partial charge in [0, 0.05) is 0 Å². The summed E-state index contributed by atoms with van der Waals surface area (Å²) in [5.41, 5.74) is 0. The third-order valence-electron chi connectivity index (χ3n) is 1.18. The largest absolute Gasteiger partial charge is 0.121 e. The minimum absolute atomic E-state index is 0.634. The van der Waals surface area contributed by atoms with Crippen molar-refractivity contribution in [2.45, 2.75) is 39.3 Å². The zero-order valence-electron chi connectivity index (χ0n) is 6.89. The Labute approximate surface area is 59.6 Å². The molecule has 1 radical (unpaired) electrons. The second-order valence-corrected chi connectivity index (χ2v) is 2.82. The van der Waals surface area contributed by atoms with E-state index in [1.165, 1.54) is 0 Å². The predicted molar refractivity (Wildman–Crippen MR) is 45.1 cm³/mol. The van der Waals surface area contributed by atoms with Crippen LogP contribution in [0.3, 0.4) is 0 Å². The van der Waals surface area contributed by atoms with Crippen LogP contribution in [0.1, 0.15) is 27.7 Å². The quantitative estimate of drug-likeness (QED) is 0.399. The highest BCUT2D eigenvalue weighted by molar-refractivity contribution is 6.39. The molecule has 0 aromatic rings. The van der Waals surface area contributed by atoms with Crippen molar-refractivity contribution in [3.05, 3.63) is 12.2 Å². The highest BCUT2D eigenvalue weighted by Gasteiger charge is 2.01. The van der Waals surface area contributed by atoms with Gasteiger partial charge in [-0.05, 0) is 6.92 Å². The first-order valence-electron chi connectivity index (χ1n) is 3.64. The topological polar surface area (TPSA) is 0 Å². The van der Waals surface area contributed by atoms with Crippen LogP contribution in [-0.2, 0) is 0 Å². The fraction of sp³-hybridized carbons (Fsp3) is 0.750. The average molecular weight is 123 g/mol. The molecule has 0 spiro atoms. The maximum absolute atomic E-state index is 2.33. The lowest BCUT2D eigenvalue weighted by Gasteiger charge is -2.05. The van der Waals surface area contributed by atoms with Crippen LogP contribution in [0.25, 0.3) is 0 Å². The molecule has 0 bridgehead atoms. The van der Waals surface area contributed by atoms with Crippen molar-refractivity contribution < 1.29 is 0 Å². The van der Waals surface area contributed by atoms with E-state index < -0.39 is 0 Å². The minimum Gasteiger partial charge on any atom is -0.0939 e. The number of hydrogen-bond acceptors (Lipinski definition) is 0. The van der Waals surface area contributed by atoms with Crippen LogP contribution in [0.4, 0.5) is 0 Å². The number of allylic oxidation sites excluding steroid dienone is 2. The summed E-state index contributed by atoms with van der Waals surface area (Å²) in [6.45, 7) is 8.69. The maximum atomic E-state index is 2.33. The average Bonchev–Trinajstić information content (AvgIpc) is 1.63. The summed E-state index contributed by atoms with van der Waals surface area (Å²) < 4.78 is 0. The first kappa shape index (κ1) is 8.80. The molecule has 1 heteroatoms. The van der Waals surface area contributed by atoms with Gasteiger partial charge in [-0.15, -0.1) is 0 Å². The van der Waals surface area contributed by atoms with E-state index in [1.807, 2.05) is 0 Å². The molecule has 0 nitrogen and oxygen atoms in total. The van der Waals surface area contributed by atoms with Crippen molar-refractivity contribution in [3.63, 3.8) is 0 Å². The lowest BCUT2D eigenvalue weighted by atomic mass is 9.57. The molecule has 0 fully saturated rings. The first-order valence-corrected chi connectivity index (χ1v) is 3.64. The summed E-state index contributed by atoms with van der Waals surface area (Å²) in [6, 6.07) is 0. The molecule has 0 heterocycles. The van der Waals surface area contributed by atoms with Crippen molar-refractivity contribution in [2.75, 3.05) is 0 Å². The number of rotatable bonds is 3. The standard InChI is InChI=1S/C8H16B/c1-5-6-8(4)9-7(2)3/h5-8H,1-4H3. The summed E-state index contributed by atoms with van der Waals surface area (Å²) in [6.07, 6.45) is 4.31. The summed E-state index contributed by atoms with van der Waals surface area (Å²) in [5, 5.41) is 0. The Hall–Kier alpha value is -0.195. The highest BCUT2D eigenvalue weighted by Crippen LogP contribution is 2.11. The van der Waals surface area contributed by atoms with Crippen LogP contribution in [0.5, 0.6) is 0 Å².